The number of phosphoric acid groups is 1. The second kappa shape index (κ2) is 12.4. The number of hydrogen-bond donors (Lipinski definition) is 5. The Morgan fingerprint density at radius 3 is 2.55 bits per heavy atom. The average Bonchev–Trinajstić information content (AvgIpc) is 3.72. The molecule has 0 spiro atoms. The van der Waals surface area contributed by atoms with Gasteiger partial charge in [0.25, 0.3) is 0 Å². The summed E-state index contributed by atoms with van der Waals surface area (Å²) in [6.45, 7) is 0.937. The molecule has 3 aromatic heterocycles. The minimum atomic E-state index is -4.42. The van der Waals surface area contributed by atoms with Gasteiger partial charge in [0, 0.05) is 25.6 Å². The fourth-order valence-corrected chi connectivity index (χ4v) is 6.38. The highest BCUT2D eigenvalue weighted by molar-refractivity contribution is 7.47. The number of amidine groups is 1. The number of fused-ring (bicyclic) bond motifs is 1. The van der Waals surface area contributed by atoms with E-state index in [1.165, 1.54) is 19.0 Å². The van der Waals surface area contributed by atoms with Gasteiger partial charge in [-0.1, -0.05) is 0 Å². The number of nitrogen functional groups attached to an aromatic ring is 2. The van der Waals surface area contributed by atoms with E-state index in [2.05, 4.69) is 24.5 Å². The molecule has 0 aromatic carbocycles. The summed E-state index contributed by atoms with van der Waals surface area (Å²) in [5.74, 6) is -0.0317. The average molecular weight is 631 g/mol. The highest BCUT2D eigenvalue weighted by Gasteiger charge is 2.43. The van der Waals surface area contributed by atoms with E-state index in [1.54, 1.807) is 16.1 Å². The number of hydrogen-bond acceptors (Lipinski definition) is 15. The van der Waals surface area contributed by atoms with Crippen molar-refractivity contribution in [3.63, 3.8) is 0 Å². The predicted molar refractivity (Wildman–Crippen MR) is 143 cm³/mol. The van der Waals surface area contributed by atoms with E-state index in [0.717, 1.165) is 7.11 Å². The fourth-order valence-electron chi connectivity index (χ4n) is 4.87. The van der Waals surface area contributed by atoms with Crippen LogP contribution in [0.4, 0.5) is 5.82 Å². The lowest BCUT2D eigenvalue weighted by molar-refractivity contribution is -0.0486. The zero-order chi connectivity index (χ0) is 30.2. The third kappa shape index (κ3) is 6.26. The van der Waals surface area contributed by atoms with Gasteiger partial charge in [-0.3, -0.25) is 23.6 Å². The van der Waals surface area contributed by atoms with Crippen LogP contribution in [0.15, 0.2) is 19.0 Å². The van der Waals surface area contributed by atoms with Gasteiger partial charge in [-0.25, -0.2) is 24.5 Å². The molecular formula is C21H31N9O10P2. The molecule has 0 radical (unpaired) electrons. The number of nitrogens with zero attached hydrogens (tertiary/aromatic N) is 6. The van der Waals surface area contributed by atoms with Crippen LogP contribution in [0.2, 0.25) is 0 Å². The van der Waals surface area contributed by atoms with Crippen LogP contribution in [0.5, 0.6) is 0 Å². The van der Waals surface area contributed by atoms with Crippen molar-refractivity contribution in [2.75, 3.05) is 26.1 Å². The number of aliphatic hydroxyl groups is 1. The number of nitrogens with one attached hydrogen (secondary N) is 1. The molecular weight excluding hydrogens is 600 g/mol. The summed E-state index contributed by atoms with van der Waals surface area (Å²) >= 11 is 0. The molecule has 2 saturated heterocycles. The van der Waals surface area contributed by atoms with Crippen molar-refractivity contribution >= 4 is 38.9 Å². The van der Waals surface area contributed by atoms with E-state index in [9.17, 15) is 19.1 Å². The Morgan fingerprint density at radius 1 is 1.17 bits per heavy atom. The Labute approximate surface area is 239 Å². The Bertz CT molecular complexity index is 1520. The molecule has 21 heteroatoms. The number of imidazole rings is 2. The van der Waals surface area contributed by atoms with Gasteiger partial charge in [-0.15, -0.1) is 0 Å². The van der Waals surface area contributed by atoms with Crippen LogP contribution in [0.1, 0.15) is 36.7 Å². The molecule has 8 atom stereocenters. The van der Waals surface area contributed by atoms with Gasteiger partial charge in [-0.2, -0.15) is 0 Å². The van der Waals surface area contributed by atoms with Gasteiger partial charge in [0.05, 0.1) is 32.0 Å². The standard InChI is InChI=1S/C21H31N9O10P2/c1-10-17(19(22)23)27-8-29(10)15-4-12(40-42(33,34)35-2)14(38-15)6-36-41(32)39-11-3-16(37-13(11)5-31)30-9-28-18-20(24)25-7-26-21(18)30/h7-9,11-16,31,41H,3-6H2,1-2H3,(H3,22,23)(H,33,34)(H2,24,25,26)/t11?,12?,13-,14-,15-,16-/m1/s1. The van der Waals surface area contributed by atoms with Crippen molar-refractivity contribution in [3.8, 4) is 0 Å². The molecule has 0 saturated carbocycles. The highest BCUT2D eigenvalue weighted by atomic mass is 31.2. The molecule has 3 aromatic rings. The van der Waals surface area contributed by atoms with Gasteiger partial charge in [0.15, 0.2) is 11.5 Å². The van der Waals surface area contributed by atoms with Crippen molar-refractivity contribution in [2.45, 2.75) is 56.6 Å². The lowest BCUT2D eigenvalue weighted by Crippen LogP contribution is -2.29. The number of phosphoric ester groups is 1. The van der Waals surface area contributed by atoms with Crippen LogP contribution >= 0.6 is 16.1 Å². The molecule has 2 fully saturated rings. The molecule has 0 bridgehead atoms. The number of ether oxygens (including phenoxy) is 2. The number of rotatable bonds is 12. The zero-order valence-electron chi connectivity index (χ0n) is 22.5. The lowest BCUT2D eigenvalue weighted by atomic mass is 10.2. The van der Waals surface area contributed by atoms with Crippen molar-refractivity contribution in [1.29, 1.82) is 5.41 Å². The summed E-state index contributed by atoms with van der Waals surface area (Å²) in [6, 6.07) is 0. The van der Waals surface area contributed by atoms with Gasteiger partial charge >= 0.3 is 16.1 Å². The van der Waals surface area contributed by atoms with Crippen molar-refractivity contribution < 1.29 is 46.7 Å². The van der Waals surface area contributed by atoms with Crippen LogP contribution in [0.25, 0.3) is 11.2 Å². The molecule has 4 unspecified atom stereocenters. The Kier molecular flexibility index (Phi) is 9.05. The lowest BCUT2D eigenvalue weighted by Gasteiger charge is -2.21. The van der Waals surface area contributed by atoms with Crippen LogP contribution in [0.3, 0.4) is 0 Å². The maximum atomic E-state index is 12.9. The summed E-state index contributed by atoms with van der Waals surface area (Å²) in [5.41, 5.74) is 13.0. The molecule has 2 aliphatic rings. The molecule has 0 aliphatic carbocycles. The minimum Gasteiger partial charge on any atom is -0.394 e. The first-order chi connectivity index (χ1) is 20.0. The third-order valence-corrected chi connectivity index (χ3v) is 8.85. The largest absolute Gasteiger partial charge is 0.472 e. The Hall–Kier alpha value is -2.83. The normalized spacial score (nSPS) is 28.3. The summed E-state index contributed by atoms with van der Waals surface area (Å²) in [4.78, 5) is 26.3. The third-order valence-electron chi connectivity index (χ3n) is 6.96. The quantitative estimate of drug-likeness (QED) is 0.103. The number of aliphatic hydroxyl groups excluding tert-OH is 1. The summed E-state index contributed by atoms with van der Waals surface area (Å²) < 4.78 is 61.1. The number of aromatic nitrogens is 6. The van der Waals surface area contributed by atoms with Crippen molar-refractivity contribution in [3.05, 3.63) is 30.4 Å². The SMILES string of the molecule is COP(=O)(O)OC1C[C@H](n2cnc(C(=N)N)c2C)O[C@@H]1CO[PH](=O)OC1C[C@H](n2cnc3c(N)ncnc32)O[C@@H]1CO. The Balaban J connectivity index is 1.24. The second-order valence-corrected chi connectivity index (χ2v) is 12.0. The van der Waals surface area contributed by atoms with Gasteiger partial charge < -0.3 is 44.6 Å². The number of anilines is 1. The molecule has 19 nitrogen and oxygen atoms in total. The maximum absolute atomic E-state index is 12.9. The summed E-state index contributed by atoms with van der Waals surface area (Å²) in [6.07, 6.45) is -0.514. The van der Waals surface area contributed by atoms with E-state index < -0.39 is 59.6 Å². The topological polar surface area (TPSA) is 267 Å². The smallest absolute Gasteiger partial charge is 0.394 e. The van der Waals surface area contributed by atoms with E-state index >= 15 is 0 Å². The first kappa shape index (κ1) is 30.6. The van der Waals surface area contributed by atoms with Crippen LogP contribution < -0.4 is 11.5 Å². The molecule has 0 amide bonds. The van der Waals surface area contributed by atoms with Crippen LogP contribution in [-0.4, -0.2) is 89.6 Å². The van der Waals surface area contributed by atoms with E-state index in [4.69, 9.17) is 39.9 Å². The summed E-state index contributed by atoms with van der Waals surface area (Å²) in [5, 5.41) is 17.5. The monoisotopic (exact) mass is 631 g/mol. The van der Waals surface area contributed by atoms with Gasteiger partial charge in [-0.05, 0) is 6.92 Å². The first-order valence-electron chi connectivity index (χ1n) is 12.6. The van der Waals surface area contributed by atoms with Crippen LogP contribution in [0, 0.1) is 12.3 Å². The van der Waals surface area contributed by atoms with Gasteiger partial charge in [0.1, 0.15) is 54.1 Å². The minimum absolute atomic E-state index is 0.0793. The van der Waals surface area contributed by atoms with Crippen molar-refractivity contribution in [1.82, 2.24) is 29.1 Å². The second-order valence-electron chi connectivity index (χ2n) is 9.51. The van der Waals surface area contributed by atoms with Gasteiger partial charge in [0.2, 0.25) is 0 Å². The summed E-state index contributed by atoms with van der Waals surface area (Å²) in [7, 11) is -6.58. The number of nitrogens with two attached hydrogens (primary N) is 2. The zero-order valence-corrected chi connectivity index (χ0v) is 24.4. The van der Waals surface area contributed by atoms with Crippen molar-refractivity contribution in [2.24, 2.45) is 5.73 Å². The highest BCUT2D eigenvalue weighted by Crippen LogP contribution is 2.48. The van der Waals surface area contributed by atoms with E-state index in [-0.39, 0.29) is 36.8 Å². The Morgan fingerprint density at radius 2 is 1.86 bits per heavy atom. The first-order valence-corrected chi connectivity index (χ1v) is 15.4. The fraction of sp³-hybridized carbons (Fsp3) is 0.571. The van der Waals surface area contributed by atoms with E-state index in [1.807, 2.05) is 0 Å². The molecule has 5 heterocycles. The molecule has 7 N–H and O–H groups in total. The predicted octanol–water partition coefficient (Wildman–Crippen LogP) is 0.388. The molecule has 230 valence electrons. The molecule has 2 aliphatic heterocycles. The molecule has 5 rings (SSSR count). The molecule has 42 heavy (non-hydrogen) atoms. The van der Waals surface area contributed by atoms with Crippen LogP contribution in [-0.2, 0) is 36.7 Å². The van der Waals surface area contributed by atoms with E-state index in [0.29, 0.717) is 16.9 Å². The maximum Gasteiger partial charge on any atom is 0.472 e.